The normalized spacial score (nSPS) is 11.0. The lowest BCUT2D eigenvalue weighted by atomic mass is 10.2. The predicted molar refractivity (Wildman–Crippen MR) is 101 cm³/mol. The predicted octanol–water partition coefficient (Wildman–Crippen LogP) is 3.07. The molecule has 0 radical (unpaired) electrons. The Labute approximate surface area is 150 Å². The number of likely N-dealkylation sites (N-methyl/N-ethyl adjacent to an activating group) is 1. The number of rotatable bonds is 6. The van der Waals surface area contributed by atoms with Crippen molar-refractivity contribution in [3.05, 3.63) is 63.5 Å². The molecule has 0 saturated carbocycles. The van der Waals surface area contributed by atoms with Crippen LogP contribution in [-0.2, 0) is 24.3 Å². The van der Waals surface area contributed by atoms with E-state index in [0.29, 0.717) is 18.5 Å². The molecule has 5 nitrogen and oxygen atoms in total. The Bertz CT molecular complexity index is 931. The largest absolute Gasteiger partial charge is 0.337 e. The van der Waals surface area contributed by atoms with Gasteiger partial charge in [0.15, 0.2) is 0 Å². The molecular weight excluding hydrogens is 334 g/mol. The maximum absolute atomic E-state index is 12.6. The summed E-state index contributed by atoms with van der Waals surface area (Å²) in [5, 5.41) is 0.600. The minimum atomic E-state index is -0.148. The fourth-order valence-corrected chi connectivity index (χ4v) is 3.65. The Morgan fingerprint density at radius 3 is 2.68 bits per heavy atom. The Hall–Kier alpha value is -2.47. The second-order valence-electron chi connectivity index (χ2n) is 5.86. The van der Waals surface area contributed by atoms with Gasteiger partial charge >= 0.3 is 0 Å². The number of fused-ring (bicyclic) bond motifs is 1. The van der Waals surface area contributed by atoms with Gasteiger partial charge in [0.25, 0.3) is 5.56 Å². The van der Waals surface area contributed by atoms with Crippen molar-refractivity contribution in [1.29, 1.82) is 0 Å². The Morgan fingerprint density at radius 2 is 2.00 bits per heavy atom. The van der Waals surface area contributed by atoms with Crippen LogP contribution in [0.25, 0.3) is 10.2 Å². The smallest absolute Gasteiger partial charge is 0.262 e. The van der Waals surface area contributed by atoms with Gasteiger partial charge in [0.2, 0.25) is 5.91 Å². The molecule has 1 aromatic carbocycles. The zero-order chi connectivity index (χ0) is 17.8. The number of aromatic nitrogens is 2. The average molecular weight is 355 g/mol. The number of amides is 1. The third-order valence-electron chi connectivity index (χ3n) is 4.17. The van der Waals surface area contributed by atoms with Crippen LogP contribution in [0.3, 0.4) is 0 Å². The van der Waals surface area contributed by atoms with Crippen molar-refractivity contribution in [1.82, 2.24) is 14.5 Å². The van der Waals surface area contributed by atoms with Crippen LogP contribution in [0, 0.1) is 0 Å². The zero-order valence-electron chi connectivity index (χ0n) is 14.4. The number of nitrogens with zero attached hydrogens (tertiary/aromatic N) is 3. The fraction of sp³-hybridized carbons (Fsp3) is 0.316. The minimum absolute atomic E-state index is 0.0136. The third-order valence-corrected chi connectivity index (χ3v) is 5.36. The van der Waals surface area contributed by atoms with Gasteiger partial charge in [-0.3, -0.25) is 14.2 Å². The van der Waals surface area contributed by atoms with Gasteiger partial charge in [0.05, 0.1) is 11.7 Å². The molecule has 0 spiro atoms. The van der Waals surface area contributed by atoms with Gasteiger partial charge in [0, 0.05) is 18.0 Å². The summed E-state index contributed by atoms with van der Waals surface area (Å²) < 4.78 is 1.41. The van der Waals surface area contributed by atoms with Gasteiger partial charge < -0.3 is 4.90 Å². The summed E-state index contributed by atoms with van der Waals surface area (Å²) in [6, 6.07) is 11.7. The number of hydrogen-bond acceptors (Lipinski definition) is 4. The van der Waals surface area contributed by atoms with Crippen LogP contribution < -0.4 is 5.56 Å². The molecule has 6 heteroatoms. The van der Waals surface area contributed by atoms with Crippen LogP contribution in [0.5, 0.6) is 0 Å². The third kappa shape index (κ3) is 3.79. The Morgan fingerprint density at radius 1 is 1.24 bits per heavy atom. The molecule has 25 heavy (non-hydrogen) atoms. The molecule has 0 saturated heterocycles. The molecule has 0 bridgehead atoms. The topological polar surface area (TPSA) is 55.2 Å². The second kappa shape index (κ2) is 7.61. The van der Waals surface area contributed by atoms with Crippen LogP contribution in [0.2, 0.25) is 0 Å². The minimum Gasteiger partial charge on any atom is -0.337 e. The van der Waals surface area contributed by atoms with E-state index in [0.717, 1.165) is 21.7 Å². The quantitative estimate of drug-likeness (QED) is 0.683. The van der Waals surface area contributed by atoms with Gasteiger partial charge in [-0.15, -0.1) is 11.3 Å². The van der Waals surface area contributed by atoms with Crippen LogP contribution in [0.4, 0.5) is 0 Å². The molecule has 0 atom stereocenters. The summed E-state index contributed by atoms with van der Waals surface area (Å²) in [5.74, 6) is -0.0828. The number of thiophene rings is 1. The van der Waals surface area contributed by atoms with E-state index in [1.807, 2.05) is 43.3 Å². The molecule has 0 N–H and O–H groups in total. The first-order valence-corrected chi connectivity index (χ1v) is 9.23. The van der Waals surface area contributed by atoms with E-state index in [9.17, 15) is 9.59 Å². The van der Waals surface area contributed by atoms with Crippen LogP contribution >= 0.6 is 11.3 Å². The maximum Gasteiger partial charge on any atom is 0.262 e. The lowest BCUT2D eigenvalue weighted by Gasteiger charge is -2.21. The first-order valence-electron chi connectivity index (χ1n) is 8.42. The first kappa shape index (κ1) is 17.4. The van der Waals surface area contributed by atoms with Crippen molar-refractivity contribution in [2.24, 2.45) is 0 Å². The SMILES string of the molecule is CCc1cc2c(=O)n(CC(=O)N(CC)Cc3ccccc3)cnc2s1. The molecule has 0 unspecified atom stereocenters. The molecule has 0 aliphatic heterocycles. The van der Waals surface area contributed by atoms with Crippen molar-refractivity contribution in [2.75, 3.05) is 6.54 Å². The van der Waals surface area contributed by atoms with Gasteiger partial charge in [-0.05, 0) is 25.0 Å². The lowest BCUT2D eigenvalue weighted by molar-refractivity contribution is -0.132. The van der Waals surface area contributed by atoms with E-state index in [1.165, 1.54) is 22.2 Å². The molecule has 130 valence electrons. The van der Waals surface area contributed by atoms with E-state index < -0.39 is 0 Å². The van der Waals surface area contributed by atoms with Crippen molar-refractivity contribution in [3.8, 4) is 0 Å². The summed E-state index contributed by atoms with van der Waals surface area (Å²) in [4.78, 5) is 33.2. The highest BCUT2D eigenvalue weighted by atomic mass is 32.1. The summed E-state index contributed by atoms with van der Waals surface area (Å²) in [6.45, 7) is 5.14. The molecule has 3 rings (SSSR count). The van der Waals surface area contributed by atoms with E-state index in [-0.39, 0.29) is 18.0 Å². The fourth-order valence-electron chi connectivity index (χ4n) is 2.72. The van der Waals surface area contributed by atoms with Gasteiger partial charge in [-0.1, -0.05) is 37.3 Å². The van der Waals surface area contributed by atoms with Gasteiger partial charge in [-0.25, -0.2) is 4.98 Å². The molecule has 2 heterocycles. The molecule has 1 amide bonds. The molecule has 2 aromatic heterocycles. The number of hydrogen-bond donors (Lipinski definition) is 0. The number of aryl methyl sites for hydroxylation is 1. The maximum atomic E-state index is 12.6. The monoisotopic (exact) mass is 355 g/mol. The van der Waals surface area contributed by atoms with E-state index >= 15 is 0 Å². The highest BCUT2D eigenvalue weighted by Gasteiger charge is 2.15. The van der Waals surface area contributed by atoms with E-state index in [2.05, 4.69) is 11.9 Å². The Balaban J connectivity index is 1.80. The van der Waals surface area contributed by atoms with Crippen LogP contribution in [-0.4, -0.2) is 26.9 Å². The summed E-state index contributed by atoms with van der Waals surface area (Å²) in [7, 11) is 0. The Kier molecular flexibility index (Phi) is 5.28. The number of carbonyl (C=O) groups excluding carboxylic acids is 1. The highest BCUT2D eigenvalue weighted by Crippen LogP contribution is 2.21. The van der Waals surface area contributed by atoms with E-state index in [4.69, 9.17) is 0 Å². The molecule has 0 aliphatic carbocycles. The molecule has 0 aliphatic rings. The van der Waals surface area contributed by atoms with Gasteiger partial charge in [-0.2, -0.15) is 0 Å². The van der Waals surface area contributed by atoms with Crippen molar-refractivity contribution < 1.29 is 4.79 Å². The standard InChI is InChI=1S/C19H21N3O2S/c1-3-15-10-16-18(25-15)20-13-22(19(16)24)12-17(23)21(4-2)11-14-8-6-5-7-9-14/h5-10,13H,3-4,11-12H2,1-2H3. The number of benzene rings is 1. The lowest BCUT2D eigenvalue weighted by Crippen LogP contribution is -2.36. The second-order valence-corrected chi connectivity index (χ2v) is 6.97. The van der Waals surface area contributed by atoms with Crippen molar-refractivity contribution in [2.45, 2.75) is 33.4 Å². The number of carbonyl (C=O) groups is 1. The zero-order valence-corrected chi connectivity index (χ0v) is 15.3. The first-order chi connectivity index (χ1) is 12.1. The van der Waals surface area contributed by atoms with Crippen LogP contribution in [0.15, 0.2) is 47.5 Å². The van der Waals surface area contributed by atoms with Gasteiger partial charge in [0.1, 0.15) is 11.4 Å². The highest BCUT2D eigenvalue weighted by molar-refractivity contribution is 7.18. The molecule has 0 fully saturated rings. The van der Waals surface area contributed by atoms with E-state index in [1.54, 1.807) is 4.90 Å². The molecule has 3 aromatic rings. The summed E-state index contributed by atoms with van der Waals surface area (Å²) >= 11 is 1.53. The molecular formula is C19H21N3O2S. The summed E-state index contributed by atoms with van der Waals surface area (Å²) in [6.07, 6.45) is 2.36. The average Bonchev–Trinajstić information content (AvgIpc) is 3.07. The summed E-state index contributed by atoms with van der Waals surface area (Å²) in [5.41, 5.74) is 0.925. The van der Waals surface area contributed by atoms with Crippen LogP contribution in [0.1, 0.15) is 24.3 Å². The van der Waals surface area contributed by atoms with Crippen molar-refractivity contribution in [3.63, 3.8) is 0 Å². The van der Waals surface area contributed by atoms with Crippen molar-refractivity contribution >= 4 is 27.5 Å².